The number of amides is 1. The molecule has 0 radical (unpaired) electrons. The Bertz CT molecular complexity index is 482. The van der Waals surface area contributed by atoms with Crippen LogP contribution in [0.1, 0.15) is 16.1 Å². The number of aromatic nitrogens is 1. The predicted molar refractivity (Wildman–Crippen MR) is 59.1 cm³/mol. The van der Waals surface area contributed by atoms with Crippen LogP contribution < -0.4 is 5.32 Å². The fourth-order valence-corrected chi connectivity index (χ4v) is 1.43. The fraction of sp³-hybridized carbons (Fsp3) is 0.0909. The molecule has 1 heterocycles. The zero-order valence-corrected chi connectivity index (χ0v) is 9.07. The monoisotopic (exact) mass is 236 g/mol. The summed E-state index contributed by atoms with van der Waals surface area (Å²) in [5.41, 5.74) is 0.858. The number of oxazole rings is 1. The first kappa shape index (κ1) is 10.7. The van der Waals surface area contributed by atoms with Gasteiger partial charge in [0.2, 0.25) is 5.76 Å². The van der Waals surface area contributed by atoms with E-state index in [1.165, 1.54) is 12.6 Å². The van der Waals surface area contributed by atoms with Crippen LogP contribution in [0, 0.1) is 0 Å². The van der Waals surface area contributed by atoms with Crippen molar-refractivity contribution in [3.63, 3.8) is 0 Å². The minimum atomic E-state index is -0.308. The Balaban J connectivity index is 1.98. The van der Waals surface area contributed by atoms with Gasteiger partial charge in [0.15, 0.2) is 6.39 Å². The third kappa shape index (κ3) is 2.41. The number of rotatable bonds is 3. The maximum absolute atomic E-state index is 11.5. The smallest absolute Gasteiger partial charge is 0.288 e. The SMILES string of the molecule is O=C(NCc1ccccc1Cl)c1cnco1. The van der Waals surface area contributed by atoms with Gasteiger partial charge < -0.3 is 9.73 Å². The van der Waals surface area contributed by atoms with Crippen molar-refractivity contribution in [3.8, 4) is 0 Å². The fourth-order valence-electron chi connectivity index (χ4n) is 1.23. The lowest BCUT2D eigenvalue weighted by Crippen LogP contribution is -2.22. The van der Waals surface area contributed by atoms with Gasteiger partial charge in [0.1, 0.15) is 0 Å². The minimum Gasteiger partial charge on any atom is -0.438 e. The first-order valence-corrected chi connectivity index (χ1v) is 5.05. The van der Waals surface area contributed by atoms with Crippen molar-refractivity contribution in [3.05, 3.63) is 53.2 Å². The Kier molecular flexibility index (Phi) is 3.22. The summed E-state index contributed by atoms with van der Waals surface area (Å²) in [7, 11) is 0. The molecule has 1 amide bonds. The van der Waals surface area contributed by atoms with Crippen molar-refractivity contribution in [2.45, 2.75) is 6.54 Å². The third-order valence-corrected chi connectivity index (χ3v) is 2.42. The Hall–Kier alpha value is -1.81. The lowest BCUT2D eigenvalue weighted by molar-refractivity contribution is 0.0923. The predicted octanol–water partition coefficient (Wildman–Crippen LogP) is 2.26. The molecular weight excluding hydrogens is 228 g/mol. The summed E-state index contributed by atoms with van der Waals surface area (Å²) in [6, 6.07) is 7.33. The van der Waals surface area contributed by atoms with Crippen LogP contribution in [-0.2, 0) is 6.54 Å². The topological polar surface area (TPSA) is 55.1 Å². The molecule has 4 nitrogen and oxygen atoms in total. The second-order valence-corrected chi connectivity index (χ2v) is 3.55. The second kappa shape index (κ2) is 4.81. The van der Waals surface area contributed by atoms with Crippen molar-refractivity contribution in [2.24, 2.45) is 0 Å². The lowest BCUT2D eigenvalue weighted by atomic mass is 10.2. The van der Waals surface area contributed by atoms with E-state index in [-0.39, 0.29) is 11.7 Å². The van der Waals surface area contributed by atoms with Gasteiger partial charge in [-0.3, -0.25) is 4.79 Å². The van der Waals surface area contributed by atoms with Crippen molar-refractivity contribution in [2.75, 3.05) is 0 Å². The summed E-state index contributed by atoms with van der Waals surface area (Å²) in [6.07, 6.45) is 2.58. The summed E-state index contributed by atoms with van der Waals surface area (Å²) < 4.78 is 4.86. The maximum atomic E-state index is 11.5. The van der Waals surface area contributed by atoms with E-state index in [9.17, 15) is 4.79 Å². The van der Waals surface area contributed by atoms with Gasteiger partial charge in [-0.1, -0.05) is 29.8 Å². The third-order valence-electron chi connectivity index (χ3n) is 2.05. The highest BCUT2D eigenvalue weighted by atomic mass is 35.5. The number of hydrogen-bond acceptors (Lipinski definition) is 3. The van der Waals surface area contributed by atoms with E-state index >= 15 is 0 Å². The number of hydrogen-bond donors (Lipinski definition) is 1. The van der Waals surface area contributed by atoms with Gasteiger partial charge in [-0.2, -0.15) is 0 Å². The number of carbonyl (C=O) groups is 1. The first-order chi connectivity index (χ1) is 7.77. The van der Waals surface area contributed by atoms with Gasteiger partial charge in [0.05, 0.1) is 6.20 Å². The van der Waals surface area contributed by atoms with E-state index in [1.807, 2.05) is 18.2 Å². The van der Waals surface area contributed by atoms with E-state index in [1.54, 1.807) is 6.07 Å². The zero-order chi connectivity index (χ0) is 11.4. The van der Waals surface area contributed by atoms with Crippen molar-refractivity contribution in [1.82, 2.24) is 10.3 Å². The van der Waals surface area contributed by atoms with E-state index in [0.29, 0.717) is 11.6 Å². The molecule has 0 atom stereocenters. The molecule has 1 N–H and O–H groups in total. The largest absolute Gasteiger partial charge is 0.438 e. The normalized spacial score (nSPS) is 10.1. The number of halogens is 1. The Labute approximate surface area is 97.2 Å². The summed E-state index contributed by atoms with van der Waals surface area (Å²) in [6.45, 7) is 0.360. The quantitative estimate of drug-likeness (QED) is 0.889. The molecule has 1 aromatic carbocycles. The molecule has 0 aliphatic heterocycles. The summed E-state index contributed by atoms with van der Waals surface area (Å²) in [4.78, 5) is 15.2. The molecule has 2 aromatic rings. The van der Waals surface area contributed by atoms with Crippen molar-refractivity contribution >= 4 is 17.5 Å². The molecule has 0 aliphatic rings. The molecule has 0 saturated heterocycles. The van der Waals surface area contributed by atoms with Gasteiger partial charge in [0.25, 0.3) is 5.91 Å². The maximum Gasteiger partial charge on any atom is 0.288 e. The van der Waals surface area contributed by atoms with Gasteiger partial charge in [-0.05, 0) is 11.6 Å². The Morgan fingerprint density at radius 2 is 2.25 bits per heavy atom. The number of nitrogens with zero attached hydrogens (tertiary/aromatic N) is 1. The van der Waals surface area contributed by atoms with E-state index in [4.69, 9.17) is 16.0 Å². The molecule has 16 heavy (non-hydrogen) atoms. The molecule has 2 rings (SSSR count). The van der Waals surface area contributed by atoms with Crippen LogP contribution in [0.15, 0.2) is 41.3 Å². The van der Waals surface area contributed by atoms with Gasteiger partial charge in [-0.15, -0.1) is 0 Å². The minimum absolute atomic E-state index is 0.187. The van der Waals surface area contributed by atoms with Crippen molar-refractivity contribution < 1.29 is 9.21 Å². The van der Waals surface area contributed by atoms with E-state index < -0.39 is 0 Å². The lowest BCUT2D eigenvalue weighted by Gasteiger charge is -2.04. The Morgan fingerprint density at radius 3 is 2.94 bits per heavy atom. The molecule has 0 saturated carbocycles. The second-order valence-electron chi connectivity index (χ2n) is 3.14. The molecule has 0 fully saturated rings. The zero-order valence-electron chi connectivity index (χ0n) is 8.31. The van der Waals surface area contributed by atoms with Crippen LogP contribution >= 0.6 is 11.6 Å². The van der Waals surface area contributed by atoms with Gasteiger partial charge in [-0.25, -0.2) is 4.98 Å². The summed E-state index contributed by atoms with van der Waals surface area (Å²) in [5, 5.41) is 3.31. The van der Waals surface area contributed by atoms with Crippen LogP contribution in [0.25, 0.3) is 0 Å². The molecule has 0 bridgehead atoms. The number of benzene rings is 1. The number of carbonyl (C=O) groups excluding carboxylic acids is 1. The highest BCUT2D eigenvalue weighted by molar-refractivity contribution is 6.31. The van der Waals surface area contributed by atoms with Crippen molar-refractivity contribution in [1.29, 1.82) is 0 Å². The van der Waals surface area contributed by atoms with Crippen LogP contribution in [0.2, 0.25) is 5.02 Å². The molecule has 0 unspecified atom stereocenters. The van der Waals surface area contributed by atoms with Gasteiger partial charge >= 0.3 is 0 Å². The van der Waals surface area contributed by atoms with Crippen LogP contribution in [0.4, 0.5) is 0 Å². The molecular formula is C11H9ClN2O2. The van der Waals surface area contributed by atoms with Crippen LogP contribution in [0.5, 0.6) is 0 Å². The molecule has 5 heteroatoms. The molecule has 0 aliphatic carbocycles. The van der Waals surface area contributed by atoms with E-state index in [0.717, 1.165) is 5.56 Å². The average Bonchev–Trinajstić information content (AvgIpc) is 2.81. The summed E-state index contributed by atoms with van der Waals surface area (Å²) >= 11 is 5.95. The first-order valence-electron chi connectivity index (χ1n) is 4.67. The highest BCUT2D eigenvalue weighted by Gasteiger charge is 2.09. The van der Waals surface area contributed by atoms with E-state index in [2.05, 4.69) is 10.3 Å². The Morgan fingerprint density at radius 1 is 1.44 bits per heavy atom. The van der Waals surface area contributed by atoms with Crippen LogP contribution in [-0.4, -0.2) is 10.9 Å². The molecule has 0 spiro atoms. The summed E-state index contributed by atoms with van der Waals surface area (Å²) in [5.74, 6) is -0.121. The molecule has 1 aromatic heterocycles. The standard InChI is InChI=1S/C11H9ClN2O2/c12-9-4-2-1-3-8(9)5-14-11(15)10-6-13-7-16-10/h1-4,6-7H,5H2,(H,14,15). The molecule has 82 valence electrons. The highest BCUT2D eigenvalue weighted by Crippen LogP contribution is 2.14. The average molecular weight is 237 g/mol. The van der Waals surface area contributed by atoms with Gasteiger partial charge in [0, 0.05) is 11.6 Å². The number of nitrogens with one attached hydrogen (secondary N) is 1. The van der Waals surface area contributed by atoms with Crippen LogP contribution in [0.3, 0.4) is 0 Å².